The van der Waals surface area contributed by atoms with Gasteiger partial charge in [-0.25, -0.2) is 0 Å². The monoisotopic (exact) mass is 328 g/mol. The van der Waals surface area contributed by atoms with Crippen molar-refractivity contribution in [3.05, 3.63) is 30.4 Å². The molecule has 0 unspecified atom stereocenters. The van der Waals surface area contributed by atoms with E-state index in [9.17, 15) is 4.79 Å². The van der Waals surface area contributed by atoms with Crippen LogP contribution in [0.25, 0.3) is 11.4 Å². The number of aromatic nitrogens is 3. The quantitative estimate of drug-likeness (QED) is 0.780. The third-order valence-electron chi connectivity index (χ3n) is 4.55. The van der Waals surface area contributed by atoms with Crippen LogP contribution in [0.5, 0.6) is 0 Å². The van der Waals surface area contributed by atoms with Gasteiger partial charge in [0, 0.05) is 37.0 Å². The second-order valence-electron chi connectivity index (χ2n) is 6.41. The molecule has 6 heteroatoms. The maximum absolute atomic E-state index is 12.6. The number of carbonyl (C=O) groups is 1. The molecule has 0 spiro atoms. The van der Waals surface area contributed by atoms with Crippen molar-refractivity contribution < 1.29 is 9.32 Å². The van der Waals surface area contributed by atoms with Crippen molar-refractivity contribution in [1.29, 1.82) is 0 Å². The van der Waals surface area contributed by atoms with E-state index in [1.165, 1.54) is 0 Å². The summed E-state index contributed by atoms with van der Waals surface area (Å²) < 4.78 is 5.39. The summed E-state index contributed by atoms with van der Waals surface area (Å²) in [5, 5.41) is 4.04. The van der Waals surface area contributed by atoms with Crippen molar-refractivity contribution in [3.8, 4) is 11.4 Å². The van der Waals surface area contributed by atoms with Gasteiger partial charge in [0.25, 0.3) is 0 Å². The zero-order chi connectivity index (χ0) is 16.9. The summed E-state index contributed by atoms with van der Waals surface area (Å²) in [5.74, 6) is 1.79. The van der Waals surface area contributed by atoms with Crippen LogP contribution in [-0.4, -0.2) is 39.0 Å². The molecule has 0 aromatic carbocycles. The second-order valence-corrected chi connectivity index (χ2v) is 6.41. The number of carbonyl (C=O) groups excluding carboxylic acids is 1. The first-order valence-electron chi connectivity index (χ1n) is 8.75. The number of hydrogen-bond donors (Lipinski definition) is 0. The Morgan fingerprint density at radius 1 is 1.25 bits per heavy atom. The van der Waals surface area contributed by atoms with Gasteiger partial charge in [0.15, 0.2) is 0 Å². The number of likely N-dealkylation sites (tertiary alicyclic amines) is 1. The molecule has 1 aliphatic rings. The predicted molar refractivity (Wildman–Crippen MR) is 90.2 cm³/mol. The molecule has 3 heterocycles. The van der Waals surface area contributed by atoms with Gasteiger partial charge in [0.2, 0.25) is 17.6 Å². The topological polar surface area (TPSA) is 72.1 Å². The molecule has 6 nitrogen and oxygen atoms in total. The van der Waals surface area contributed by atoms with Crippen molar-refractivity contribution in [2.45, 2.75) is 45.4 Å². The number of nitrogens with zero attached hydrogens (tertiary/aromatic N) is 4. The lowest BCUT2D eigenvalue weighted by Crippen LogP contribution is -2.50. The first kappa shape index (κ1) is 16.6. The van der Waals surface area contributed by atoms with E-state index < -0.39 is 0 Å². The highest BCUT2D eigenvalue weighted by atomic mass is 16.5. The van der Waals surface area contributed by atoms with E-state index in [1.807, 2.05) is 17.0 Å². The molecule has 1 aliphatic heterocycles. The third kappa shape index (κ3) is 3.47. The minimum absolute atomic E-state index is 0.154. The van der Waals surface area contributed by atoms with Crippen LogP contribution >= 0.6 is 0 Å². The fraction of sp³-hybridized carbons (Fsp3) is 0.556. The van der Waals surface area contributed by atoms with Crippen LogP contribution in [0.2, 0.25) is 0 Å². The Morgan fingerprint density at radius 3 is 2.54 bits per heavy atom. The van der Waals surface area contributed by atoms with Crippen molar-refractivity contribution in [1.82, 2.24) is 20.0 Å². The fourth-order valence-electron chi connectivity index (χ4n) is 3.18. The van der Waals surface area contributed by atoms with Gasteiger partial charge in [-0.3, -0.25) is 9.78 Å². The molecule has 0 bridgehead atoms. The molecule has 0 aliphatic carbocycles. The summed E-state index contributed by atoms with van der Waals surface area (Å²) in [6.45, 7) is 5.63. The molecule has 0 radical (unpaired) electrons. The SMILES string of the molecule is CCCC(CCC)C(=O)N1CC(c2nc(-c3ccncc3)no2)C1. The molecule has 3 rings (SSSR count). The van der Waals surface area contributed by atoms with E-state index in [0.29, 0.717) is 24.8 Å². The van der Waals surface area contributed by atoms with Gasteiger partial charge < -0.3 is 9.42 Å². The van der Waals surface area contributed by atoms with Crippen molar-refractivity contribution in [3.63, 3.8) is 0 Å². The molecular weight excluding hydrogens is 304 g/mol. The van der Waals surface area contributed by atoms with Gasteiger partial charge in [-0.2, -0.15) is 4.98 Å². The van der Waals surface area contributed by atoms with Crippen LogP contribution in [0.15, 0.2) is 29.0 Å². The van der Waals surface area contributed by atoms with Crippen molar-refractivity contribution in [2.75, 3.05) is 13.1 Å². The van der Waals surface area contributed by atoms with Crippen molar-refractivity contribution >= 4 is 5.91 Å². The van der Waals surface area contributed by atoms with Crippen LogP contribution in [0.1, 0.15) is 51.3 Å². The molecule has 128 valence electrons. The van der Waals surface area contributed by atoms with Crippen LogP contribution in [0, 0.1) is 5.92 Å². The molecule has 24 heavy (non-hydrogen) atoms. The van der Waals surface area contributed by atoms with Crippen molar-refractivity contribution in [2.24, 2.45) is 5.92 Å². The Balaban J connectivity index is 1.58. The minimum Gasteiger partial charge on any atom is -0.341 e. The smallest absolute Gasteiger partial charge is 0.233 e. The summed E-state index contributed by atoms with van der Waals surface area (Å²) in [7, 11) is 0. The number of amides is 1. The van der Waals surface area contributed by atoms with Gasteiger partial charge in [-0.15, -0.1) is 0 Å². The van der Waals surface area contributed by atoms with Crippen LogP contribution in [0.4, 0.5) is 0 Å². The normalized spacial score (nSPS) is 14.9. The molecule has 0 N–H and O–H groups in total. The summed E-state index contributed by atoms with van der Waals surface area (Å²) in [6.07, 6.45) is 7.45. The first-order valence-corrected chi connectivity index (χ1v) is 8.75. The van der Waals surface area contributed by atoms with Gasteiger partial charge in [-0.1, -0.05) is 31.8 Å². The molecule has 2 aromatic heterocycles. The molecular formula is C18H24N4O2. The first-order chi connectivity index (χ1) is 11.7. The summed E-state index contributed by atoms with van der Waals surface area (Å²) in [4.78, 5) is 22.9. The Kier molecular flexibility index (Phi) is 5.23. The molecule has 0 atom stereocenters. The third-order valence-corrected chi connectivity index (χ3v) is 4.55. The van der Waals surface area contributed by atoms with Crippen LogP contribution < -0.4 is 0 Å². The molecule has 0 saturated carbocycles. The number of hydrogen-bond acceptors (Lipinski definition) is 5. The standard InChI is InChI=1S/C18H24N4O2/c1-3-5-14(6-4-2)18(23)22-11-15(12-22)17-20-16(21-24-17)13-7-9-19-10-8-13/h7-10,14-15H,3-6,11-12H2,1-2H3. The predicted octanol–water partition coefficient (Wildman–Crippen LogP) is 3.27. The van der Waals surface area contributed by atoms with Gasteiger partial charge in [0.05, 0.1) is 5.92 Å². The molecule has 2 aromatic rings. The average Bonchev–Trinajstić information content (AvgIpc) is 3.03. The maximum atomic E-state index is 12.6. The zero-order valence-electron chi connectivity index (χ0n) is 14.3. The van der Waals surface area contributed by atoms with E-state index >= 15 is 0 Å². The Morgan fingerprint density at radius 2 is 1.92 bits per heavy atom. The summed E-state index contributed by atoms with van der Waals surface area (Å²) in [5.41, 5.74) is 0.887. The Hall–Kier alpha value is -2.24. The lowest BCUT2D eigenvalue weighted by atomic mass is 9.92. The number of pyridine rings is 1. The van der Waals surface area contributed by atoms with E-state index in [2.05, 4.69) is 29.0 Å². The largest absolute Gasteiger partial charge is 0.341 e. The molecule has 1 saturated heterocycles. The highest BCUT2D eigenvalue weighted by Crippen LogP contribution is 2.30. The zero-order valence-corrected chi connectivity index (χ0v) is 14.3. The number of rotatable bonds is 7. The Bertz CT molecular complexity index is 659. The average molecular weight is 328 g/mol. The van der Waals surface area contributed by atoms with Gasteiger partial charge in [0.1, 0.15) is 0 Å². The van der Waals surface area contributed by atoms with E-state index in [4.69, 9.17) is 4.52 Å². The summed E-state index contributed by atoms with van der Waals surface area (Å²) in [6, 6.07) is 3.71. The summed E-state index contributed by atoms with van der Waals surface area (Å²) >= 11 is 0. The van der Waals surface area contributed by atoms with Gasteiger partial charge in [-0.05, 0) is 25.0 Å². The van der Waals surface area contributed by atoms with Crippen LogP contribution in [-0.2, 0) is 4.79 Å². The lowest BCUT2D eigenvalue weighted by molar-refractivity contribution is -0.141. The van der Waals surface area contributed by atoms with Gasteiger partial charge >= 0.3 is 0 Å². The fourth-order valence-corrected chi connectivity index (χ4v) is 3.18. The van der Waals surface area contributed by atoms with E-state index in [1.54, 1.807) is 12.4 Å². The lowest BCUT2D eigenvalue weighted by Gasteiger charge is -2.39. The minimum atomic E-state index is 0.154. The molecule has 1 fully saturated rings. The van der Waals surface area contributed by atoms with E-state index in [-0.39, 0.29) is 17.7 Å². The Labute approximate surface area is 142 Å². The highest BCUT2D eigenvalue weighted by molar-refractivity contribution is 5.79. The molecule has 1 amide bonds. The second kappa shape index (κ2) is 7.55. The maximum Gasteiger partial charge on any atom is 0.233 e. The highest BCUT2D eigenvalue weighted by Gasteiger charge is 2.37. The van der Waals surface area contributed by atoms with E-state index in [0.717, 1.165) is 31.2 Å². The van der Waals surface area contributed by atoms with Crippen LogP contribution in [0.3, 0.4) is 0 Å².